The van der Waals surface area contributed by atoms with Gasteiger partial charge >= 0.3 is 0 Å². The number of carbonyl (C=O) groups is 1. The summed E-state index contributed by atoms with van der Waals surface area (Å²) in [4.78, 5) is 16.5. The zero-order valence-corrected chi connectivity index (χ0v) is 13.7. The zero-order chi connectivity index (χ0) is 16.9. The zero-order valence-electron chi connectivity index (χ0n) is 13.0. The molecule has 6 heteroatoms. The van der Waals surface area contributed by atoms with Crippen molar-refractivity contribution in [3.63, 3.8) is 0 Å². The quantitative estimate of drug-likeness (QED) is 0.763. The van der Waals surface area contributed by atoms with Gasteiger partial charge in [0.05, 0.1) is 7.11 Å². The SMILES string of the molecule is COc1cccc(-c2ocnc2C(=O)NCc2ccccc2Cl)c1. The van der Waals surface area contributed by atoms with Crippen LogP contribution in [0, 0.1) is 0 Å². The number of oxazole rings is 1. The smallest absolute Gasteiger partial charge is 0.274 e. The first-order chi connectivity index (χ1) is 11.7. The fourth-order valence-electron chi connectivity index (χ4n) is 2.28. The third kappa shape index (κ3) is 3.41. The average Bonchev–Trinajstić information content (AvgIpc) is 3.11. The van der Waals surface area contributed by atoms with Crippen molar-refractivity contribution in [3.05, 3.63) is 71.2 Å². The van der Waals surface area contributed by atoms with Crippen molar-refractivity contribution in [1.29, 1.82) is 0 Å². The highest BCUT2D eigenvalue weighted by Crippen LogP contribution is 2.26. The maximum absolute atomic E-state index is 12.4. The summed E-state index contributed by atoms with van der Waals surface area (Å²) in [7, 11) is 1.58. The molecule has 0 spiro atoms. The molecule has 0 unspecified atom stereocenters. The lowest BCUT2D eigenvalue weighted by molar-refractivity contribution is 0.0947. The Morgan fingerprint density at radius 3 is 2.88 bits per heavy atom. The molecule has 0 aliphatic heterocycles. The van der Waals surface area contributed by atoms with Gasteiger partial charge in [-0.15, -0.1) is 0 Å². The van der Waals surface area contributed by atoms with Crippen molar-refractivity contribution in [2.24, 2.45) is 0 Å². The number of rotatable bonds is 5. The number of benzene rings is 2. The lowest BCUT2D eigenvalue weighted by Crippen LogP contribution is -2.23. The summed E-state index contributed by atoms with van der Waals surface area (Å²) in [5.41, 5.74) is 1.77. The molecular weight excluding hydrogens is 328 g/mol. The highest BCUT2D eigenvalue weighted by molar-refractivity contribution is 6.31. The monoisotopic (exact) mass is 342 g/mol. The molecular formula is C18H15ClN2O3. The minimum absolute atomic E-state index is 0.218. The predicted octanol–water partition coefficient (Wildman–Crippen LogP) is 3.93. The number of methoxy groups -OCH3 is 1. The van der Waals surface area contributed by atoms with Gasteiger partial charge in [-0.2, -0.15) is 0 Å². The van der Waals surface area contributed by atoms with Crippen molar-refractivity contribution in [2.75, 3.05) is 7.11 Å². The Kier molecular flexibility index (Phi) is 4.82. The molecule has 1 aromatic heterocycles. The third-order valence-electron chi connectivity index (χ3n) is 3.51. The molecule has 0 aliphatic carbocycles. The summed E-state index contributed by atoms with van der Waals surface area (Å²) in [5.74, 6) is 0.735. The van der Waals surface area contributed by atoms with Crippen LogP contribution in [-0.4, -0.2) is 18.0 Å². The Labute approximate surface area is 144 Å². The summed E-state index contributed by atoms with van der Waals surface area (Å²) in [6.45, 7) is 0.308. The Morgan fingerprint density at radius 2 is 2.08 bits per heavy atom. The first kappa shape index (κ1) is 16.1. The molecule has 0 atom stereocenters. The molecule has 0 aliphatic rings. The van der Waals surface area contributed by atoms with Gasteiger partial charge in [-0.25, -0.2) is 4.98 Å². The standard InChI is InChI=1S/C18H15ClN2O3/c1-23-14-7-4-6-12(9-14)17-16(21-11-24-17)18(22)20-10-13-5-2-3-8-15(13)19/h2-9,11H,10H2,1H3,(H,20,22). The molecule has 1 amide bonds. The Hall–Kier alpha value is -2.79. The topological polar surface area (TPSA) is 64.4 Å². The molecule has 5 nitrogen and oxygen atoms in total. The Bertz CT molecular complexity index is 861. The highest BCUT2D eigenvalue weighted by Gasteiger charge is 2.18. The van der Waals surface area contributed by atoms with Crippen LogP contribution in [0.4, 0.5) is 0 Å². The molecule has 0 bridgehead atoms. The molecule has 24 heavy (non-hydrogen) atoms. The normalized spacial score (nSPS) is 10.4. The second kappa shape index (κ2) is 7.19. The van der Waals surface area contributed by atoms with E-state index in [4.69, 9.17) is 20.8 Å². The van der Waals surface area contributed by atoms with E-state index in [0.717, 1.165) is 11.1 Å². The van der Waals surface area contributed by atoms with E-state index in [9.17, 15) is 4.79 Å². The van der Waals surface area contributed by atoms with Gasteiger partial charge in [-0.1, -0.05) is 41.9 Å². The number of hydrogen-bond donors (Lipinski definition) is 1. The van der Waals surface area contributed by atoms with Crippen LogP contribution in [-0.2, 0) is 6.54 Å². The van der Waals surface area contributed by atoms with Crippen LogP contribution in [0.25, 0.3) is 11.3 Å². The largest absolute Gasteiger partial charge is 0.497 e. The van der Waals surface area contributed by atoms with E-state index >= 15 is 0 Å². The van der Waals surface area contributed by atoms with Crippen LogP contribution in [0.1, 0.15) is 16.1 Å². The average molecular weight is 343 g/mol. The van der Waals surface area contributed by atoms with Gasteiger partial charge in [-0.3, -0.25) is 4.79 Å². The fraction of sp³-hybridized carbons (Fsp3) is 0.111. The summed E-state index contributed by atoms with van der Waals surface area (Å²) in [5, 5.41) is 3.41. The van der Waals surface area contributed by atoms with E-state index in [1.165, 1.54) is 6.39 Å². The third-order valence-corrected chi connectivity index (χ3v) is 3.88. The second-order valence-electron chi connectivity index (χ2n) is 5.04. The molecule has 0 saturated carbocycles. The Balaban J connectivity index is 1.79. The van der Waals surface area contributed by atoms with Gasteiger partial charge in [0.1, 0.15) is 5.75 Å². The van der Waals surface area contributed by atoms with Crippen LogP contribution in [0.3, 0.4) is 0 Å². The summed E-state index contributed by atoms with van der Waals surface area (Å²) < 4.78 is 10.6. The number of amides is 1. The van der Waals surface area contributed by atoms with Gasteiger partial charge in [0, 0.05) is 17.1 Å². The van der Waals surface area contributed by atoms with E-state index in [1.807, 2.05) is 36.4 Å². The predicted molar refractivity (Wildman–Crippen MR) is 91.1 cm³/mol. The molecule has 122 valence electrons. The van der Waals surface area contributed by atoms with Crippen LogP contribution >= 0.6 is 11.6 Å². The highest BCUT2D eigenvalue weighted by atomic mass is 35.5. The maximum Gasteiger partial charge on any atom is 0.274 e. The number of hydrogen-bond acceptors (Lipinski definition) is 4. The van der Waals surface area contributed by atoms with Crippen LogP contribution in [0.15, 0.2) is 59.3 Å². The van der Waals surface area contributed by atoms with E-state index < -0.39 is 0 Å². The lowest BCUT2D eigenvalue weighted by Gasteiger charge is -2.07. The van der Waals surface area contributed by atoms with Gasteiger partial charge in [0.15, 0.2) is 17.8 Å². The van der Waals surface area contributed by atoms with E-state index in [0.29, 0.717) is 23.1 Å². The van der Waals surface area contributed by atoms with Crippen molar-refractivity contribution < 1.29 is 13.9 Å². The molecule has 1 heterocycles. The number of carbonyl (C=O) groups excluding carboxylic acids is 1. The van der Waals surface area contributed by atoms with Crippen molar-refractivity contribution in [2.45, 2.75) is 6.54 Å². The molecule has 1 N–H and O–H groups in total. The molecule has 0 saturated heterocycles. The number of halogens is 1. The molecule has 0 radical (unpaired) electrons. The van der Waals surface area contributed by atoms with Gasteiger partial charge in [-0.05, 0) is 23.8 Å². The number of nitrogens with zero attached hydrogens (tertiary/aromatic N) is 1. The molecule has 2 aromatic carbocycles. The van der Waals surface area contributed by atoms with E-state index in [2.05, 4.69) is 10.3 Å². The fourth-order valence-corrected chi connectivity index (χ4v) is 2.48. The molecule has 3 aromatic rings. The van der Waals surface area contributed by atoms with Crippen molar-refractivity contribution >= 4 is 17.5 Å². The number of nitrogens with one attached hydrogen (secondary N) is 1. The maximum atomic E-state index is 12.4. The first-order valence-electron chi connectivity index (χ1n) is 7.28. The Morgan fingerprint density at radius 1 is 1.25 bits per heavy atom. The van der Waals surface area contributed by atoms with Gasteiger partial charge in [0.2, 0.25) is 0 Å². The van der Waals surface area contributed by atoms with Crippen molar-refractivity contribution in [1.82, 2.24) is 10.3 Å². The van der Waals surface area contributed by atoms with E-state index in [1.54, 1.807) is 19.2 Å². The number of ether oxygens (including phenoxy) is 1. The minimum atomic E-state index is -0.332. The van der Waals surface area contributed by atoms with Crippen LogP contribution in [0.2, 0.25) is 5.02 Å². The summed E-state index contributed by atoms with van der Waals surface area (Å²) >= 11 is 6.09. The number of aromatic nitrogens is 1. The summed E-state index contributed by atoms with van der Waals surface area (Å²) in [6.07, 6.45) is 1.25. The molecule has 0 fully saturated rings. The second-order valence-corrected chi connectivity index (χ2v) is 5.44. The van der Waals surface area contributed by atoms with Crippen LogP contribution < -0.4 is 10.1 Å². The first-order valence-corrected chi connectivity index (χ1v) is 7.66. The van der Waals surface area contributed by atoms with E-state index in [-0.39, 0.29) is 11.6 Å². The minimum Gasteiger partial charge on any atom is -0.497 e. The summed E-state index contributed by atoms with van der Waals surface area (Å²) in [6, 6.07) is 14.6. The van der Waals surface area contributed by atoms with Crippen molar-refractivity contribution in [3.8, 4) is 17.1 Å². The van der Waals surface area contributed by atoms with Gasteiger partial charge in [0.25, 0.3) is 5.91 Å². The molecule has 3 rings (SSSR count). The lowest BCUT2D eigenvalue weighted by atomic mass is 10.1. The van der Waals surface area contributed by atoms with Crippen LogP contribution in [0.5, 0.6) is 5.75 Å². The van der Waals surface area contributed by atoms with Gasteiger partial charge < -0.3 is 14.5 Å².